The number of ether oxygens (including phenoxy) is 1. The summed E-state index contributed by atoms with van der Waals surface area (Å²) >= 11 is 7.69. The van der Waals surface area contributed by atoms with Crippen molar-refractivity contribution >= 4 is 27.5 Å². The zero-order valence-corrected chi connectivity index (χ0v) is 8.07. The number of hydrogen-bond donors (Lipinski definition) is 0. The van der Waals surface area contributed by atoms with Crippen molar-refractivity contribution in [2.75, 3.05) is 0 Å². The molecular weight excluding hydrogens is 253 g/mol. The summed E-state index contributed by atoms with van der Waals surface area (Å²) in [6.07, 6.45) is 0. The summed E-state index contributed by atoms with van der Waals surface area (Å²) in [5.41, 5.74) is -3.65. The number of halogens is 4. The Morgan fingerprint density at radius 3 is 2.17 bits per heavy atom. The second-order valence-electron chi connectivity index (χ2n) is 2.00. The molecule has 0 fully saturated rings. The van der Waals surface area contributed by atoms with Gasteiger partial charge in [-0.15, -0.1) is 8.78 Å². The molecule has 0 aromatic heterocycles. The lowest BCUT2D eigenvalue weighted by Crippen LogP contribution is -2.15. The van der Waals surface area contributed by atoms with Gasteiger partial charge in [-0.05, 0) is 24.3 Å². The van der Waals surface area contributed by atoms with Crippen LogP contribution in [0.5, 0.6) is 5.75 Å². The predicted octanol–water partition coefficient (Wildman–Crippen LogP) is 3.62. The summed E-state index contributed by atoms with van der Waals surface area (Å²) in [7, 11) is 0. The summed E-state index contributed by atoms with van der Waals surface area (Å²) in [5.74, 6) is 0.0261. The fraction of sp³-hybridized carbons (Fsp3) is 0.143. The van der Waals surface area contributed by atoms with Crippen molar-refractivity contribution in [1.29, 1.82) is 0 Å². The molecule has 1 nitrogen and oxygen atoms in total. The maximum atomic E-state index is 12.0. The zero-order chi connectivity index (χ0) is 9.19. The molecule has 0 saturated carbocycles. The third-order valence-corrected chi connectivity index (χ3v) is 1.65. The van der Waals surface area contributed by atoms with Gasteiger partial charge in [-0.1, -0.05) is 15.9 Å². The molecule has 66 valence electrons. The van der Waals surface area contributed by atoms with Crippen molar-refractivity contribution in [3.05, 3.63) is 28.7 Å². The van der Waals surface area contributed by atoms with E-state index in [1.165, 1.54) is 12.1 Å². The molecule has 0 spiro atoms. The maximum absolute atomic E-state index is 12.0. The average molecular weight is 257 g/mol. The summed E-state index contributed by atoms with van der Waals surface area (Å²) in [5, 5.41) is 0. The van der Waals surface area contributed by atoms with Gasteiger partial charge in [0.15, 0.2) is 0 Å². The second-order valence-corrected chi connectivity index (χ2v) is 3.36. The van der Waals surface area contributed by atoms with Crippen molar-refractivity contribution < 1.29 is 13.5 Å². The average Bonchev–Trinajstić information content (AvgIpc) is 1.91. The highest BCUT2D eigenvalue weighted by molar-refractivity contribution is 9.10. The SMILES string of the molecule is FC(F)(Cl)Oc1ccc(Br)cc1. The minimum atomic E-state index is -3.65. The lowest BCUT2D eigenvalue weighted by molar-refractivity contribution is -0.0964. The highest BCUT2D eigenvalue weighted by atomic mass is 79.9. The van der Waals surface area contributed by atoms with Crippen LogP contribution >= 0.6 is 27.5 Å². The molecule has 0 bridgehead atoms. The van der Waals surface area contributed by atoms with Gasteiger partial charge >= 0.3 is 5.57 Å². The van der Waals surface area contributed by atoms with Crippen LogP contribution in [0.1, 0.15) is 0 Å². The largest absolute Gasteiger partial charge is 0.487 e. The number of alkyl halides is 3. The minimum Gasteiger partial charge on any atom is -0.420 e. The first-order valence-corrected chi connectivity index (χ1v) is 4.16. The molecule has 1 aromatic rings. The Balaban J connectivity index is 2.71. The summed E-state index contributed by atoms with van der Waals surface area (Å²) < 4.78 is 28.9. The fourth-order valence-corrected chi connectivity index (χ4v) is 0.990. The van der Waals surface area contributed by atoms with Crippen LogP contribution in [-0.4, -0.2) is 5.57 Å². The molecule has 12 heavy (non-hydrogen) atoms. The van der Waals surface area contributed by atoms with E-state index < -0.39 is 5.57 Å². The molecule has 0 N–H and O–H groups in total. The summed E-state index contributed by atoms with van der Waals surface area (Å²) in [6, 6.07) is 5.94. The molecule has 0 aliphatic carbocycles. The first-order valence-electron chi connectivity index (χ1n) is 2.99. The van der Waals surface area contributed by atoms with Crippen molar-refractivity contribution in [3.8, 4) is 5.75 Å². The Kier molecular flexibility index (Phi) is 2.90. The van der Waals surface area contributed by atoms with E-state index in [1.54, 1.807) is 12.1 Å². The Bertz CT molecular complexity index is 257. The van der Waals surface area contributed by atoms with Crippen molar-refractivity contribution in [3.63, 3.8) is 0 Å². The molecule has 0 unspecified atom stereocenters. The van der Waals surface area contributed by atoms with Gasteiger partial charge in [0.2, 0.25) is 0 Å². The Hall–Kier alpha value is -0.350. The molecule has 0 atom stereocenters. The van der Waals surface area contributed by atoms with Gasteiger partial charge in [0.1, 0.15) is 5.75 Å². The van der Waals surface area contributed by atoms with Crippen LogP contribution in [0.3, 0.4) is 0 Å². The quantitative estimate of drug-likeness (QED) is 0.735. The van der Waals surface area contributed by atoms with E-state index in [2.05, 4.69) is 32.3 Å². The third-order valence-electron chi connectivity index (χ3n) is 1.05. The smallest absolute Gasteiger partial charge is 0.420 e. The lowest BCUT2D eigenvalue weighted by atomic mass is 10.3. The molecular formula is C7H4BrClF2O. The Morgan fingerprint density at radius 1 is 1.25 bits per heavy atom. The van der Waals surface area contributed by atoms with Gasteiger partial charge in [0, 0.05) is 16.1 Å². The molecule has 5 heteroatoms. The molecule has 0 aliphatic heterocycles. The van der Waals surface area contributed by atoms with Crippen molar-refractivity contribution in [1.82, 2.24) is 0 Å². The molecule has 0 heterocycles. The number of hydrogen-bond acceptors (Lipinski definition) is 1. The van der Waals surface area contributed by atoms with E-state index in [0.29, 0.717) is 0 Å². The maximum Gasteiger partial charge on any atom is 0.487 e. The molecule has 0 aliphatic rings. The second kappa shape index (κ2) is 3.58. The van der Waals surface area contributed by atoms with E-state index in [-0.39, 0.29) is 5.75 Å². The van der Waals surface area contributed by atoms with Gasteiger partial charge in [-0.3, -0.25) is 0 Å². The van der Waals surface area contributed by atoms with E-state index in [4.69, 9.17) is 0 Å². The third kappa shape index (κ3) is 3.36. The van der Waals surface area contributed by atoms with Gasteiger partial charge < -0.3 is 4.74 Å². The minimum absolute atomic E-state index is 0.0261. The van der Waals surface area contributed by atoms with Gasteiger partial charge in [-0.2, -0.15) is 0 Å². The Morgan fingerprint density at radius 2 is 1.75 bits per heavy atom. The van der Waals surface area contributed by atoms with E-state index in [1.807, 2.05) is 0 Å². The zero-order valence-electron chi connectivity index (χ0n) is 5.73. The van der Waals surface area contributed by atoms with Crippen LogP contribution in [0, 0.1) is 0 Å². The standard InChI is InChI=1S/C7H4BrClF2O/c8-5-1-3-6(4-2-5)12-7(9,10)11/h1-4H. The van der Waals surface area contributed by atoms with Gasteiger partial charge in [0.25, 0.3) is 0 Å². The first kappa shape index (κ1) is 9.74. The van der Waals surface area contributed by atoms with Crippen molar-refractivity contribution in [2.24, 2.45) is 0 Å². The lowest BCUT2D eigenvalue weighted by Gasteiger charge is -2.09. The van der Waals surface area contributed by atoms with Crippen LogP contribution < -0.4 is 4.74 Å². The van der Waals surface area contributed by atoms with Crippen LogP contribution in [-0.2, 0) is 0 Å². The molecule has 0 saturated heterocycles. The monoisotopic (exact) mass is 256 g/mol. The summed E-state index contributed by atoms with van der Waals surface area (Å²) in [4.78, 5) is 0. The van der Waals surface area contributed by atoms with Gasteiger partial charge in [0.05, 0.1) is 0 Å². The number of benzene rings is 1. The molecule has 1 aromatic carbocycles. The summed E-state index contributed by atoms with van der Waals surface area (Å²) in [6.45, 7) is 0. The Labute approximate surface area is 81.4 Å². The fourth-order valence-electron chi connectivity index (χ4n) is 0.636. The highest BCUT2D eigenvalue weighted by Gasteiger charge is 2.27. The molecule has 0 amide bonds. The van der Waals surface area contributed by atoms with E-state index in [9.17, 15) is 8.78 Å². The normalized spacial score (nSPS) is 11.3. The van der Waals surface area contributed by atoms with Crippen LogP contribution in [0.25, 0.3) is 0 Å². The van der Waals surface area contributed by atoms with Crippen LogP contribution in [0.4, 0.5) is 8.78 Å². The van der Waals surface area contributed by atoms with Crippen molar-refractivity contribution in [2.45, 2.75) is 5.57 Å². The van der Waals surface area contributed by atoms with E-state index in [0.717, 1.165) is 4.47 Å². The first-order chi connectivity index (χ1) is 5.47. The van der Waals surface area contributed by atoms with E-state index >= 15 is 0 Å². The van der Waals surface area contributed by atoms with Gasteiger partial charge in [-0.25, -0.2) is 0 Å². The van der Waals surface area contributed by atoms with Crippen LogP contribution in [0.15, 0.2) is 28.7 Å². The highest BCUT2D eigenvalue weighted by Crippen LogP contribution is 2.25. The molecule has 1 rings (SSSR count). The molecule has 0 radical (unpaired) electrons. The van der Waals surface area contributed by atoms with Crippen LogP contribution in [0.2, 0.25) is 0 Å². The number of rotatable bonds is 2. The topological polar surface area (TPSA) is 9.23 Å². The predicted molar refractivity (Wildman–Crippen MR) is 45.6 cm³/mol.